The lowest BCUT2D eigenvalue weighted by atomic mass is 9.89. The number of amidine groups is 2. The molecule has 0 aliphatic heterocycles. The number of pyridine rings is 1. The van der Waals surface area contributed by atoms with Gasteiger partial charge in [0.25, 0.3) is 0 Å². The zero-order valence-corrected chi connectivity index (χ0v) is 37.0. The second-order valence-electron chi connectivity index (χ2n) is 16.8. The first-order valence-electron chi connectivity index (χ1n) is 22.5. The van der Waals surface area contributed by atoms with E-state index in [4.69, 9.17) is 9.98 Å². The van der Waals surface area contributed by atoms with Crippen LogP contribution in [0.2, 0.25) is 0 Å². The Morgan fingerprint density at radius 3 is 1.51 bits per heavy atom. The van der Waals surface area contributed by atoms with Crippen LogP contribution >= 0.6 is 0 Å². The summed E-state index contributed by atoms with van der Waals surface area (Å²) in [6.45, 7) is 5.89. The largest absolute Gasteiger partial charge is 0.282 e. The maximum atomic E-state index is 9.43. The molecular formula is C63H44N4. The van der Waals surface area contributed by atoms with Crippen molar-refractivity contribution in [1.82, 2.24) is 4.98 Å². The molecule has 0 radical (unpaired) electrons. The Bertz CT molecular complexity index is 3870. The molecule has 0 aliphatic rings. The Balaban J connectivity index is 0.000000649. The van der Waals surface area contributed by atoms with Crippen molar-refractivity contribution in [2.75, 3.05) is 0 Å². The Hall–Kier alpha value is -8.86. The first kappa shape index (κ1) is 40.9. The summed E-state index contributed by atoms with van der Waals surface area (Å²) in [6.07, 6.45) is 0. The van der Waals surface area contributed by atoms with Crippen molar-refractivity contribution in [2.45, 2.75) is 6.92 Å². The number of rotatable bonds is 5. The highest BCUT2D eigenvalue weighted by Gasteiger charge is 2.17. The average molecular weight is 857 g/mol. The first-order valence-corrected chi connectivity index (χ1v) is 22.5. The monoisotopic (exact) mass is 856 g/mol. The average Bonchev–Trinajstić information content (AvgIpc) is 3.40. The van der Waals surface area contributed by atoms with E-state index < -0.39 is 0 Å². The first-order chi connectivity index (χ1) is 33.0. The Labute approximate surface area is 389 Å². The van der Waals surface area contributed by atoms with E-state index in [-0.39, 0.29) is 5.84 Å². The van der Waals surface area contributed by atoms with E-state index in [0.717, 1.165) is 66.1 Å². The van der Waals surface area contributed by atoms with Gasteiger partial charge in [-0.15, -0.1) is 0 Å². The molecule has 1 heterocycles. The highest BCUT2D eigenvalue weighted by atomic mass is 14.9. The number of aliphatic imine (C=N–C) groups is 2. The van der Waals surface area contributed by atoms with Gasteiger partial charge in [0.15, 0.2) is 11.7 Å². The SMILES string of the molecule is C=NC(=NC(=N)c1cc(-c2ccc3c4ccccc4c4ccccc4c3c2)cc(-c2cccc3c(-c4nc5ccccc5c5ccccc45)cccc23)c1)c1ccccc1.Cc1ccccc1. The van der Waals surface area contributed by atoms with Gasteiger partial charge in [0, 0.05) is 27.5 Å². The standard InChI is InChI=1S/C56H36N4.C7H8/c1-58-56(35-15-3-2-4-16-35)60-55(57)39-32-37(36-29-30-48-44-19-6-5-17-42(44)43-18-7-8-20-46(43)52(48)34-36)31-38(33-39)40-24-13-26-45-41(40)25-14-27-51(45)54-50-23-10-9-21-47(50)49-22-11-12-28-53(49)59-54;1-7-5-3-2-4-6-7/h2-34,57H,1H2;2-6H,1H3. The van der Waals surface area contributed by atoms with Gasteiger partial charge in [-0.2, -0.15) is 0 Å². The second kappa shape index (κ2) is 17.6. The molecule has 12 rings (SSSR count). The van der Waals surface area contributed by atoms with Crippen molar-refractivity contribution in [3.05, 3.63) is 247 Å². The lowest BCUT2D eigenvalue weighted by molar-refractivity contribution is 1.40. The predicted molar refractivity (Wildman–Crippen MR) is 286 cm³/mol. The van der Waals surface area contributed by atoms with E-state index in [0.29, 0.717) is 11.4 Å². The topological polar surface area (TPSA) is 61.5 Å². The summed E-state index contributed by atoms with van der Waals surface area (Å²) in [7, 11) is 0. The predicted octanol–water partition coefficient (Wildman–Crippen LogP) is 16.5. The number of aromatic nitrogens is 1. The second-order valence-corrected chi connectivity index (χ2v) is 16.8. The minimum atomic E-state index is 0.106. The van der Waals surface area contributed by atoms with Gasteiger partial charge < -0.3 is 0 Å². The molecule has 0 unspecified atom stereocenters. The van der Waals surface area contributed by atoms with Crippen molar-refractivity contribution in [2.24, 2.45) is 9.98 Å². The quantitative estimate of drug-likeness (QED) is 0.105. The Morgan fingerprint density at radius 2 is 0.881 bits per heavy atom. The number of para-hydroxylation sites is 1. The number of nitrogens with zero attached hydrogens (tertiary/aromatic N) is 3. The molecule has 0 atom stereocenters. The molecule has 0 spiro atoms. The highest BCUT2D eigenvalue weighted by Crippen LogP contribution is 2.41. The maximum Gasteiger partial charge on any atom is 0.161 e. The van der Waals surface area contributed by atoms with Crippen molar-refractivity contribution >= 4 is 83.2 Å². The molecule has 67 heavy (non-hydrogen) atoms. The van der Waals surface area contributed by atoms with Gasteiger partial charge in [-0.1, -0.05) is 206 Å². The van der Waals surface area contributed by atoms with Crippen LogP contribution in [0.4, 0.5) is 0 Å². The molecule has 0 fully saturated rings. The number of hydrogen-bond donors (Lipinski definition) is 1. The summed E-state index contributed by atoms with van der Waals surface area (Å²) in [5.74, 6) is 0.510. The van der Waals surface area contributed by atoms with E-state index >= 15 is 0 Å². The molecule has 0 amide bonds. The minimum absolute atomic E-state index is 0.106. The van der Waals surface area contributed by atoms with Gasteiger partial charge in [-0.05, 0) is 115 Å². The minimum Gasteiger partial charge on any atom is -0.282 e. The van der Waals surface area contributed by atoms with Crippen molar-refractivity contribution in [1.29, 1.82) is 5.41 Å². The summed E-state index contributed by atoms with van der Waals surface area (Å²) in [4.78, 5) is 14.3. The normalized spacial score (nSPS) is 11.6. The van der Waals surface area contributed by atoms with Crippen LogP contribution in [0.5, 0.6) is 0 Å². The van der Waals surface area contributed by atoms with Crippen LogP contribution in [0.3, 0.4) is 0 Å². The van der Waals surface area contributed by atoms with Crippen LogP contribution in [0.15, 0.2) is 241 Å². The summed E-state index contributed by atoms with van der Waals surface area (Å²) >= 11 is 0. The van der Waals surface area contributed by atoms with Crippen molar-refractivity contribution in [3.8, 4) is 33.5 Å². The third-order valence-electron chi connectivity index (χ3n) is 12.7. The van der Waals surface area contributed by atoms with Crippen LogP contribution < -0.4 is 0 Å². The molecule has 1 aromatic heterocycles. The van der Waals surface area contributed by atoms with E-state index in [1.807, 2.05) is 48.5 Å². The van der Waals surface area contributed by atoms with Gasteiger partial charge in [0.2, 0.25) is 0 Å². The summed E-state index contributed by atoms with van der Waals surface area (Å²) < 4.78 is 0. The Kier molecular flexibility index (Phi) is 10.7. The number of hydrogen-bond acceptors (Lipinski definition) is 2. The maximum absolute atomic E-state index is 9.43. The number of fused-ring (bicyclic) bond motifs is 10. The number of aryl methyl sites for hydroxylation is 1. The number of benzene rings is 11. The van der Waals surface area contributed by atoms with Gasteiger partial charge in [-0.25, -0.2) is 15.0 Å². The molecule has 316 valence electrons. The van der Waals surface area contributed by atoms with Gasteiger partial charge in [0.05, 0.1) is 11.2 Å². The summed E-state index contributed by atoms with van der Waals surface area (Å²) in [5.41, 5.74) is 9.89. The molecule has 4 nitrogen and oxygen atoms in total. The molecule has 0 bridgehead atoms. The molecule has 1 N–H and O–H groups in total. The zero-order chi connectivity index (χ0) is 45.3. The highest BCUT2D eigenvalue weighted by molar-refractivity contribution is 6.26. The smallest absolute Gasteiger partial charge is 0.161 e. The van der Waals surface area contributed by atoms with E-state index in [1.165, 1.54) is 43.3 Å². The van der Waals surface area contributed by atoms with Crippen molar-refractivity contribution in [3.63, 3.8) is 0 Å². The lowest BCUT2D eigenvalue weighted by Gasteiger charge is -2.16. The summed E-state index contributed by atoms with van der Waals surface area (Å²) in [6, 6.07) is 80.4. The third-order valence-corrected chi connectivity index (χ3v) is 12.7. The fourth-order valence-corrected chi connectivity index (χ4v) is 9.53. The van der Waals surface area contributed by atoms with Crippen LogP contribution in [0, 0.1) is 12.3 Å². The van der Waals surface area contributed by atoms with E-state index in [1.54, 1.807) is 0 Å². The van der Waals surface area contributed by atoms with Crippen LogP contribution in [-0.4, -0.2) is 23.4 Å². The number of nitrogens with one attached hydrogen (secondary N) is 1. The fourth-order valence-electron chi connectivity index (χ4n) is 9.53. The molecule has 11 aromatic carbocycles. The van der Waals surface area contributed by atoms with E-state index in [2.05, 4.69) is 201 Å². The van der Waals surface area contributed by atoms with Gasteiger partial charge in [-0.3, -0.25) is 5.41 Å². The lowest BCUT2D eigenvalue weighted by Crippen LogP contribution is -2.04. The van der Waals surface area contributed by atoms with Crippen LogP contribution in [0.25, 0.3) is 98.3 Å². The fraction of sp³-hybridized carbons (Fsp3) is 0.0159. The van der Waals surface area contributed by atoms with Gasteiger partial charge in [0.1, 0.15) is 0 Å². The molecule has 0 saturated carbocycles. The van der Waals surface area contributed by atoms with Gasteiger partial charge >= 0.3 is 0 Å². The molecule has 12 aromatic rings. The summed E-state index contributed by atoms with van der Waals surface area (Å²) in [5, 5.41) is 22.4. The van der Waals surface area contributed by atoms with Crippen molar-refractivity contribution < 1.29 is 0 Å². The molecule has 0 saturated heterocycles. The molecule has 4 heteroatoms. The third kappa shape index (κ3) is 7.71. The van der Waals surface area contributed by atoms with Crippen LogP contribution in [-0.2, 0) is 0 Å². The molecular weight excluding hydrogens is 813 g/mol. The molecule has 0 aliphatic carbocycles. The van der Waals surface area contributed by atoms with E-state index in [9.17, 15) is 5.41 Å². The zero-order valence-electron chi connectivity index (χ0n) is 37.0. The van der Waals surface area contributed by atoms with Crippen LogP contribution in [0.1, 0.15) is 16.7 Å². The Morgan fingerprint density at radius 1 is 0.388 bits per heavy atom.